The zero-order valence-corrected chi connectivity index (χ0v) is 10.6. The minimum atomic E-state index is -0.200. The van der Waals surface area contributed by atoms with Crippen molar-refractivity contribution in [1.82, 2.24) is 9.78 Å². The molecule has 1 heterocycles. The molecule has 0 fully saturated rings. The van der Waals surface area contributed by atoms with Crippen LogP contribution in [0.3, 0.4) is 0 Å². The molecule has 18 heavy (non-hydrogen) atoms. The lowest BCUT2D eigenvalue weighted by Crippen LogP contribution is -2.20. The molecular weight excluding hydrogens is 252 g/mol. The summed E-state index contributed by atoms with van der Waals surface area (Å²) in [6, 6.07) is 8.77. The van der Waals surface area contributed by atoms with E-state index in [1.165, 1.54) is 0 Å². The average molecular weight is 265 g/mol. The Morgan fingerprint density at radius 3 is 2.83 bits per heavy atom. The van der Waals surface area contributed by atoms with Gasteiger partial charge >= 0.3 is 0 Å². The van der Waals surface area contributed by atoms with E-state index in [-0.39, 0.29) is 12.5 Å². The van der Waals surface area contributed by atoms with E-state index in [9.17, 15) is 4.79 Å². The second-order valence-electron chi connectivity index (χ2n) is 3.90. The fourth-order valence-electron chi connectivity index (χ4n) is 1.58. The van der Waals surface area contributed by atoms with E-state index in [4.69, 9.17) is 17.3 Å². The summed E-state index contributed by atoms with van der Waals surface area (Å²) < 4.78 is 1.54. The SMILES string of the molecule is Cc1cc(N)nn1CC(=O)Nc1ccccc1Cl. The molecule has 0 unspecified atom stereocenters. The lowest BCUT2D eigenvalue weighted by atomic mass is 10.3. The third kappa shape index (κ3) is 2.81. The van der Waals surface area contributed by atoms with E-state index in [1.54, 1.807) is 35.0 Å². The first-order valence-electron chi connectivity index (χ1n) is 5.40. The van der Waals surface area contributed by atoms with Crippen molar-refractivity contribution in [1.29, 1.82) is 0 Å². The van der Waals surface area contributed by atoms with Gasteiger partial charge in [-0.15, -0.1) is 0 Å². The lowest BCUT2D eigenvalue weighted by Gasteiger charge is -2.07. The fourth-order valence-corrected chi connectivity index (χ4v) is 1.77. The minimum Gasteiger partial charge on any atom is -0.382 e. The molecule has 1 aromatic carbocycles. The molecule has 0 saturated heterocycles. The first-order chi connectivity index (χ1) is 8.56. The Labute approximate surface area is 110 Å². The molecule has 0 aliphatic heterocycles. The summed E-state index contributed by atoms with van der Waals surface area (Å²) in [7, 11) is 0. The molecule has 94 valence electrons. The Balaban J connectivity index is 2.06. The highest BCUT2D eigenvalue weighted by Gasteiger charge is 2.09. The second kappa shape index (κ2) is 5.10. The molecule has 6 heteroatoms. The van der Waals surface area contributed by atoms with E-state index < -0.39 is 0 Å². The van der Waals surface area contributed by atoms with Gasteiger partial charge < -0.3 is 11.1 Å². The number of hydrogen-bond acceptors (Lipinski definition) is 3. The molecule has 1 aromatic heterocycles. The maximum atomic E-state index is 11.8. The number of nitrogens with one attached hydrogen (secondary N) is 1. The molecule has 0 aliphatic rings. The van der Waals surface area contributed by atoms with Crippen molar-refractivity contribution in [2.45, 2.75) is 13.5 Å². The summed E-state index contributed by atoms with van der Waals surface area (Å²) in [6.07, 6.45) is 0. The Kier molecular flexibility index (Phi) is 3.53. The molecule has 0 saturated carbocycles. The molecule has 0 spiro atoms. The van der Waals surface area contributed by atoms with Crippen LogP contribution in [0.15, 0.2) is 30.3 Å². The van der Waals surface area contributed by atoms with Crippen molar-refractivity contribution in [2.75, 3.05) is 11.1 Å². The molecule has 1 amide bonds. The molecule has 5 nitrogen and oxygen atoms in total. The predicted molar refractivity (Wildman–Crippen MR) is 71.5 cm³/mol. The van der Waals surface area contributed by atoms with Crippen molar-refractivity contribution in [2.24, 2.45) is 0 Å². The van der Waals surface area contributed by atoms with Gasteiger partial charge in [-0.2, -0.15) is 5.10 Å². The van der Waals surface area contributed by atoms with Crippen LogP contribution in [0.5, 0.6) is 0 Å². The number of aromatic nitrogens is 2. The number of halogens is 1. The summed E-state index contributed by atoms with van der Waals surface area (Å²) in [5, 5.41) is 7.24. The van der Waals surface area contributed by atoms with Crippen molar-refractivity contribution >= 4 is 29.0 Å². The standard InChI is InChI=1S/C12H13ClN4O/c1-8-6-11(14)16-17(8)7-12(18)15-10-5-3-2-4-9(10)13/h2-6H,7H2,1H3,(H2,14,16)(H,15,18). The number of amides is 1. The minimum absolute atomic E-state index is 0.105. The van der Waals surface area contributed by atoms with E-state index in [2.05, 4.69) is 10.4 Å². The Hall–Kier alpha value is -2.01. The number of anilines is 2. The van der Waals surface area contributed by atoms with Gasteiger partial charge in [0.05, 0.1) is 10.7 Å². The van der Waals surface area contributed by atoms with Crippen molar-refractivity contribution < 1.29 is 4.79 Å². The van der Waals surface area contributed by atoms with E-state index >= 15 is 0 Å². The highest BCUT2D eigenvalue weighted by Crippen LogP contribution is 2.20. The largest absolute Gasteiger partial charge is 0.382 e. The zero-order chi connectivity index (χ0) is 13.1. The number of rotatable bonds is 3. The number of benzene rings is 1. The van der Waals surface area contributed by atoms with E-state index in [0.717, 1.165) is 5.69 Å². The lowest BCUT2D eigenvalue weighted by molar-refractivity contribution is -0.116. The van der Waals surface area contributed by atoms with Crippen molar-refractivity contribution in [3.63, 3.8) is 0 Å². The number of carbonyl (C=O) groups excluding carboxylic acids is 1. The van der Waals surface area contributed by atoms with Crippen LogP contribution in [-0.2, 0) is 11.3 Å². The van der Waals surface area contributed by atoms with Gasteiger partial charge in [0.15, 0.2) is 0 Å². The Morgan fingerprint density at radius 2 is 2.22 bits per heavy atom. The van der Waals surface area contributed by atoms with Crippen LogP contribution in [-0.4, -0.2) is 15.7 Å². The normalized spacial score (nSPS) is 10.3. The number of para-hydroxylation sites is 1. The Bertz CT molecular complexity index is 579. The monoisotopic (exact) mass is 264 g/mol. The number of nitrogens with two attached hydrogens (primary N) is 1. The van der Waals surface area contributed by atoms with Crippen molar-refractivity contribution in [3.05, 3.63) is 41.0 Å². The molecule has 0 atom stereocenters. The van der Waals surface area contributed by atoms with Gasteiger partial charge in [-0.25, -0.2) is 0 Å². The maximum absolute atomic E-state index is 11.8. The quantitative estimate of drug-likeness (QED) is 0.891. The van der Waals surface area contributed by atoms with Gasteiger partial charge in [-0.05, 0) is 19.1 Å². The number of nitrogen functional groups attached to an aromatic ring is 1. The second-order valence-corrected chi connectivity index (χ2v) is 4.30. The molecule has 2 aromatic rings. The molecule has 0 aliphatic carbocycles. The van der Waals surface area contributed by atoms with Crippen LogP contribution in [0.2, 0.25) is 5.02 Å². The molecule has 2 rings (SSSR count). The third-order valence-corrected chi connectivity index (χ3v) is 2.77. The molecule has 0 radical (unpaired) electrons. The average Bonchev–Trinajstić information content (AvgIpc) is 2.61. The van der Waals surface area contributed by atoms with Gasteiger partial charge in [-0.1, -0.05) is 23.7 Å². The summed E-state index contributed by atoms with van der Waals surface area (Å²) in [4.78, 5) is 11.8. The first-order valence-corrected chi connectivity index (χ1v) is 5.78. The van der Waals surface area contributed by atoms with Crippen LogP contribution in [0, 0.1) is 6.92 Å². The van der Waals surface area contributed by atoms with Gasteiger partial charge in [0.25, 0.3) is 0 Å². The van der Waals surface area contributed by atoms with Gasteiger partial charge in [0, 0.05) is 11.8 Å². The molecular formula is C12H13ClN4O. The van der Waals surface area contributed by atoms with E-state index in [0.29, 0.717) is 16.5 Å². The highest BCUT2D eigenvalue weighted by molar-refractivity contribution is 6.33. The van der Waals surface area contributed by atoms with Crippen LogP contribution in [0.4, 0.5) is 11.5 Å². The van der Waals surface area contributed by atoms with E-state index in [1.807, 2.05) is 6.92 Å². The van der Waals surface area contributed by atoms with Crippen LogP contribution in [0.1, 0.15) is 5.69 Å². The fraction of sp³-hybridized carbons (Fsp3) is 0.167. The summed E-state index contributed by atoms with van der Waals surface area (Å²) >= 11 is 5.95. The highest BCUT2D eigenvalue weighted by atomic mass is 35.5. The summed E-state index contributed by atoms with van der Waals surface area (Å²) in [5.74, 6) is 0.201. The van der Waals surface area contributed by atoms with Crippen LogP contribution < -0.4 is 11.1 Å². The van der Waals surface area contributed by atoms with Crippen LogP contribution >= 0.6 is 11.6 Å². The van der Waals surface area contributed by atoms with Gasteiger partial charge in [-0.3, -0.25) is 9.48 Å². The number of nitrogens with zero attached hydrogens (tertiary/aromatic N) is 2. The topological polar surface area (TPSA) is 72.9 Å². The summed E-state index contributed by atoms with van der Waals surface area (Å²) in [5.41, 5.74) is 6.97. The van der Waals surface area contributed by atoms with Gasteiger partial charge in [0.2, 0.25) is 5.91 Å². The molecule has 0 bridgehead atoms. The number of carbonyl (C=O) groups is 1. The first kappa shape index (κ1) is 12.4. The number of hydrogen-bond donors (Lipinski definition) is 2. The van der Waals surface area contributed by atoms with Gasteiger partial charge in [0.1, 0.15) is 12.4 Å². The number of aryl methyl sites for hydroxylation is 1. The zero-order valence-electron chi connectivity index (χ0n) is 9.85. The molecule has 3 N–H and O–H groups in total. The van der Waals surface area contributed by atoms with Crippen LogP contribution in [0.25, 0.3) is 0 Å². The summed E-state index contributed by atoms with van der Waals surface area (Å²) in [6.45, 7) is 1.94. The maximum Gasteiger partial charge on any atom is 0.246 e. The van der Waals surface area contributed by atoms with Crippen molar-refractivity contribution in [3.8, 4) is 0 Å². The predicted octanol–water partition coefficient (Wildman–Crippen LogP) is 2.07. The Morgan fingerprint density at radius 1 is 1.50 bits per heavy atom. The third-order valence-electron chi connectivity index (χ3n) is 2.44. The smallest absolute Gasteiger partial charge is 0.246 e.